The number of hydrogen-bond donors (Lipinski definition) is 1. The number of nitrogens with one attached hydrogen (secondary N) is 1. The summed E-state index contributed by atoms with van der Waals surface area (Å²) in [4.78, 5) is 0. The van der Waals surface area contributed by atoms with Gasteiger partial charge in [0.1, 0.15) is 4.33 Å². The first-order valence-corrected chi connectivity index (χ1v) is 5.55. The van der Waals surface area contributed by atoms with E-state index in [1.807, 2.05) is 13.0 Å². The van der Waals surface area contributed by atoms with Crippen LogP contribution in [-0.4, -0.2) is 16.4 Å². The second-order valence-electron chi connectivity index (χ2n) is 4.81. The topological polar surface area (TPSA) is 12.0 Å². The molecule has 0 aliphatic rings. The molecule has 0 aromatic heterocycles. The molecule has 84 valence electrons. The van der Waals surface area contributed by atoms with Crippen LogP contribution >= 0.6 is 23.2 Å². The quantitative estimate of drug-likeness (QED) is 0.568. The molecule has 0 bridgehead atoms. The van der Waals surface area contributed by atoms with Gasteiger partial charge in [-0.05, 0) is 20.8 Å². The van der Waals surface area contributed by atoms with Crippen molar-refractivity contribution in [1.82, 2.24) is 5.32 Å². The Morgan fingerprint density at radius 1 is 1.14 bits per heavy atom. The molecular formula is C11H21Cl2N. The van der Waals surface area contributed by atoms with Crippen molar-refractivity contribution in [2.45, 2.75) is 44.5 Å². The van der Waals surface area contributed by atoms with Gasteiger partial charge in [0.25, 0.3) is 0 Å². The smallest absolute Gasteiger partial charge is 0.122 e. The van der Waals surface area contributed by atoms with Crippen molar-refractivity contribution < 1.29 is 0 Å². The van der Waals surface area contributed by atoms with E-state index in [9.17, 15) is 0 Å². The first kappa shape index (κ1) is 14.3. The summed E-state index contributed by atoms with van der Waals surface area (Å²) in [5.74, 6) is 0. The van der Waals surface area contributed by atoms with Gasteiger partial charge < -0.3 is 5.32 Å². The highest BCUT2D eigenvalue weighted by atomic mass is 35.5. The molecule has 0 spiro atoms. The van der Waals surface area contributed by atoms with Crippen LogP contribution in [0.25, 0.3) is 0 Å². The van der Waals surface area contributed by atoms with Gasteiger partial charge >= 0.3 is 0 Å². The molecule has 0 aliphatic heterocycles. The maximum atomic E-state index is 6.19. The molecule has 0 aromatic carbocycles. The van der Waals surface area contributed by atoms with Crippen molar-refractivity contribution in [3.8, 4) is 0 Å². The summed E-state index contributed by atoms with van der Waals surface area (Å²) >= 11 is 12.4. The van der Waals surface area contributed by atoms with Gasteiger partial charge in [-0.1, -0.05) is 19.9 Å². The molecule has 0 unspecified atom stereocenters. The molecule has 0 radical (unpaired) electrons. The van der Waals surface area contributed by atoms with Crippen LogP contribution in [0.2, 0.25) is 0 Å². The molecule has 14 heavy (non-hydrogen) atoms. The second kappa shape index (κ2) is 4.42. The lowest BCUT2D eigenvalue weighted by Gasteiger charge is -2.48. The van der Waals surface area contributed by atoms with E-state index < -0.39 is 4.33 Å². The predicted octanol–water partition coefficient (Wildman–Crippen LogP) is 3.76. The van der Waals surface area contributed by atoms with E-state index in [2.05, 4.69) is 39.6 Å². The van der Waals surface area contributed by atoms with Crippen LogP contribution in [-0.2, 0) is 0 Å². The Hall–Kier alpha value is 0.280. The van der Waals surface area contributed by atoms with Crippen molar-refractivity contribution in [2.24, 2.45) is 5.41 Å². The lowest BCUT2D eigenvalue weighted by molar-refractivity contribution is 0.142. The normalized spacial score (nSPS) is 14.2. The van der Waals surface area contributed by atoms with Gasteiger partial charge in [-0.2, -0.15) is 0 Å². The zero-order valence-electron chi connectivity index (χ0n) is 9.75. The van der Waals surface area contributed by atoms with Crippen molar-refractivity contribution in [1.29, 1.82) is 0 Å². The standard InChI is InChI=1S/C11H21Cl2N/c1-7-8-14-10(4,5)9(2,3)11(6,12)13/h7,14H,1,8H2,2-6H3. The fourth-order valence-electron chi connectivity index (χ4n) is 1.10. The zero-order valence-corrected chi connectivity index (χ0v) is 11.3. The Bertz CT molecular complexity index is 202. The third kappa shape index (κ3) is 2.88. The summed E-state index contributed by atoms with van der Waals surface area (Å²) in [6.07, 6.45) is 1.83. The maximum absolute atomic E-state index is 6.19. The molecule has 0 aliphatic carbocycles. The van der Waals surface area contributed by atoms with Crippen LogP contribution in [0, 0.1) is 5.41 Å². The van der Waals surface area contributed by atoms with Crippen LogP contribution in [0.4, 0.5) is 0 Å². The lowest BCUT2D eigenvalue weighted by Crippen LogP contribution is -2.57. The monoisotopic (exact) mass is 237 g/mol. The molecule has 0 rings (SSSR count). The molecular weight excluding hydrogens is 217 g/mol. The van der Waals surface area contributed by atoms with Crippen molar-refractivity contribution >= 4 is 23.2 Å². The lowest BCUT2D eigenvalue weighted by atomic mass is 9.72. The third-order valence-corrected chi connectivity index (χ3v) is 4.29. The molecule has 0 amide bonds. The average molecular weight is 238 g/mol. The van der Waals surface area contributed by atoms with E-state index >= 15 is 0 Å². The summed E-state index contributed by atoms with van der Waals surface area (Å²) in [5, 5.41) is 3.37. The highest BCUT2D eigenvalue weighted by molar-refractivity contribution is 6.48. The Labute approximate surface area is 97.9 Å². The minimum Gasteiger partial charge on any atom is -0.308 e. The SMILES string of the molecule is C=CCNC(C)(C)C(C)(C)C(C)(Cl)Cl. The highest BCUT2D eigenvalue weighted by Crippen LogP contribution is 2.47. The van der Waals surface area contributed by atoms with E-state index in [1.54, 1.807) is 0 Å². The van der Waals surface area contributed by atoms with Gasteiger partial charge in [0.05, 0.1) is 0 Å². The number of alkyl halides is 2. The summed E-state index contributed by atoms with van der Waals surface area (Å²) < 4.78 is -0.773. The first-order chi connectivity index (χ1) is 6.06. The molecule has 1 N–H and O–H groups in total. The fraction of sp³-hybridized carbons (Fsp3) is 0.818. The molecule has 0 fully saturated rings. The van der Waals surface area contributed by atoms with Gasteiger partial charge in [-0.3, -0.25) is 0 Å². The molecule has 0 saturated carbocycles. The number of rotatable bonds is 5. The Kier molecular flexibility index (Phi) is 4.51. The van der Waals surface area contributed by atoms with Crippen molar-refractivity contribution in [2.75, 3.05) is 6.54 Å². The summed E-state index contributed by atoms with van der Waals surface area (Å²) in [5.41, 5.74) is -0.397. The van der Waals surface area contributed by atoms with E-state index in [0.29, 0.717) is 0 Å². The molecule has 0 saturated heterocycles. The maximum Gasteiger partial charge on any atom is 0.122 e. The first-order valence-electron chi connectivity index (χ1n) is 4.80. The Morgan fingerprint density at radius 2 is 1.57 bits per heavy atom. The number of halogens is 2. The Morgan fingerprint density at radius 3 is 1.86 bits per heavy atom. The van der Waals surface area contributed by atoms with Crippen molar-refractivity contribution in [3.63, 3.8) is 0 Å². The summed E-state index contributed by atoms with van der Waals surface area (Å²) in [7, 11) is 0. The third-order valence-electron chi connectivity index (χ3n) is 3.35. The minimum absolute atomic E-state index is 0.153. The summed E-state index contributed by atoms with van der Waals surface area (Å²) in [6, 6.07) is 0. The van der Waals surface area contributed by atoms with Crippen LogP contribution in [0.1, 0.15) is 34.6 Å². The van der Waals surface area contributed by atoms with Gasteiger partial charge in [-0.25, -0.2) is 0 Å². The van der Waals surface area contributed by atoms with Crippen LogP contribution < -0.4 is 5.32 Å². The minimum atomic E-state index is -0.773. The van der Waals surface area contributed by atoms with Crippen LogP contribution in [0.3, 0.4) is 0 Å². The molecule has 0 atom stereocenters. The van der Waals surface area contributed by atoms with Gasteiger partial charge in [-0.15, -0.1) is 29.8 Å². The summed E-state index contributed by atoms with van der Waals surface area (Å²) in [6.45, 7) is 14.6. The van der Waals surface area contributed by atoms with Crippen LogP contribution in [0.15, 0.2) is 12.7 Å². The van der Waals surface area contributed by atoms with E-state index in [0.717, 1.165) is 6.54 Å². The average Bonchev–Trinajstić information content (AvgIpc) is 1.98. The van der Waals surface area contributed by atoms with Gasteiger partial charge in [0.2, 0.25) is 0 Å². The highest BCUT2D eigenvalue weighted by Gasteiger charge is 2.48. The Balaban J connectivity index is 4.77. The molecule has 1 nitrogen and oxygen atoms in total. The molecule has 3 heteroatoms. The second-order valence-corrected chi connectivity index (χ2v) is 6.51. The van der Waals surface area contributed by atoms with E-state index in [1.165, 1.54) is 0 Å². The van der Waals surface area contributed by atoms with Gasteiger partial charge in [0.15, 0.2) is 0 Å². The van der Waals surface area contributed by atoms with Gasteiger partial charge in [0, 0.05) is 17.5 Å². The van der Waals surface area contributed by atoms with Crippen molar-refractivity contribution in [3.05, 3.63) is 12.7 Å². The fourth-order valence-corrected chi connectivity index (χ4v) is 1.57. The molecule has 0 heterocycles. The number of hydrogen-bond acceptors (Lipinski definition) is 1. The van der Waals surface area contributed by atoms with E-state index in [4.69, 9.17) is 23.2 Å². The van der Waals surface area contributed by atoms with Crippen LogP contribution in [0.5, 0.6) is 0 Å². The molecule has 0 aromatic rings. The van der Waals surface area contributed by atoms with E-state index in [-0.39, 0.29) is 11.0 Å². The predicted molar refractivity (Wildman–Crippen MR) is 66.2 cm³/mol. The largest absolute Gasteiger partial charge is 0.308 e. The zero-order chi connectivity index (χ0) is 11.6.